The molecule has 0 spiro atoms. The highest BCUT2D eigenvalue weighted by Gasteiger charge is 2.40. The fourth-order valence-electron chi connectivity index (χ4n) is 2.21. The number of hydrogen-bond acceptors (Lipinski definition) is 3. The van der Waals surface area contributed by atoms with E-state index in [1.165, 1.54) is 0 Å². The molecule has 4 heteroatoms. The first kappa shape index (κ1) is 13.5. The summed E-state index contributed by atoms with van der Waals surface area (Å²) in [6.45, 7) is 2.08. The second-order valence-electron chi connectivity index (χ2n) is 4.96. The van der Waals surface area contributed by atoms with Crippen LogP contribution in [0.4, 0.5) is 0 Å². The van der Waals surface area contributed by atoms with Crippen LogP contribution >= 0.6 is 11.6 Å². The molecule has 2 N–H and O–H groups in total. The van der Waals surface area contributed by atoms with E-state index in [0.717, 1.165) is 53.3 Å². The first-order valence-corrected chi connectivity index (χ1v) is 6.63. The summed E-state index contributed by atoms with van der Waals surface area (Å²) in [6, 6.07) is 1.95. The monoisotopic (exact) mass is 269 g/mol. The lowest BCUT2D eigenvalue weighted by Gasteiger charge is -2.19. The van der Waals surface area contributed by atoms with Gasteiger partial charge in [-0.2, -0.15) is 0 Å². The van der Waals surface area contributed by atoms with Gasteiger partial charge in [0.05, 0.1) is 19.2 Å². The Hall–Kier alpha value is -0.930. The molecule has 0 saturated heterocycles. The number of benzene rings is 1. The molecule has 2 rings (SSSR count). The average Bonchev–Trinajstić information content (AvgIpc) is 3.09. The third-order valence-corrected chi connectivity index (χ3v) is 4.05. The summed E-state index contributed by atoms with van der Waals surface area (Å²) in [5, 5.41) is 0.770. The first-order valence-electron chi connectivity index (χ1n) is 6.25. The molecule has 100 valence electrons. The standard InChI is InChI=1S/C14H20ClNO2/c1-4-9-7-11(17-2)13(18-3)10(12(9)15)8-14(16)5-6-14/h7H,4-6,8,16H2,1-3H3. The van der Waals surface area contributed by atoms with Crippen LogP contribution in [-0.4, -0.2) is 19.8 Å². The predicted molar refractivity (Wildman–Crippen MR) is 73.8 cm³/mol. The Morgan fingerprint density at radius 2 is 2.00 bits per heavy atom. The Bertz CT molecular complexity index is 456. The minimum absolute atomic E-state index is 0.103. The van der Waals surface area contributed by atoms with Gasteiger partial charge in [0.1, 0.15) is 0 Å². The Morgan fingerprint density at radius 3 is 2.44 bits per heavy atom. The summed E-state index contributed by atoms with van der Waals surface area (Å²) < 4.78 is 10.8. The van der Waals surface area contributed by atoms with Gasteiger partial charge < -0.3 is 15.2 Å². The smallest absolute Gasteiger partial charge is 0.165 e. The second-order valence-corrected chi connectivity index (χ2v) is 5.33. The molecule has 0 bridgehead atoms. The predicted octanol–water partition coefficient (Wildman–Crippen LogP) is 2.95. The van der Waals surface area contributed by atoms with Crippen LogP contribution < -0.4 is 15.2 Å². The lowest BCUT2D eigenvalue weighted by atomic mass is 9.99. The van der Waals surface area contributed by atoms with Gasteiger partial charge in [0, 0.05) is 11.1 Å². The van der Waals surface area contributed by atoms with E-state index in [2.05, 4.69) is 6.92 Å². The zero-order valence-corrected chi connectivity index (χ0v) is 11.9. The summed E-state index contributed by atoms with van der Waals surface area (Å²) in [7, 11) is 3.28. The highest BCUT2D eigenvalue weighted by molar-refractivity contribution is 6.32. The van der Waals surface area contributed by atoms with Crippen LogP contribution in [0, 0.1) is 0 Å². The zero-order chi connectivity index (χ0) is 13.3. The maximum absolute atomic E-state index is 6.46. The number of methoxy groups -OCH3 is 2. The van der Waals surface area contributed by atoms with Crippen LogP contribution in [0.1, 0.15) is 30.9 Å². The molecule has 18 heavy (non-hydrogen) atoms. The summed E-state index contributed by atoms with van der Waals surface area (Å²) in [5.41, 5.74) is 8.16. The highest BCUT2D eigenvalue weighted by Crippen LogP contribution is 2.44. The van der Waals surface area contributed by atoms with Crippen molar-refractivity contribution >= 4 is 11.6 Å². The van der Waals surface area contributed by atoms with Crippen LogP contribution in [0.3, 0.4) is 0 Å². The molecule has 0 heterocycles. The fourth-order valence-corrected chi connectivity index (χ4v) is 2.55. The maximum Gasteiger partial charge on any atom is 0.165 e. The van der Waals surface area contributed by atoms with Gasteiger partial charge in [-0.15, -0.1) is 0 Å². The van der Waals surface area contributed by atoms with Gasteiger partial charge in [-0.05, 0) is 37.3 Å². The molecular formula is C14H20ClNO2. The summed E-state index contributed by atoms with van der Waals surface area (Å²) in [5.74, 6) is 1.45. The van der Waals surface area contributed by atoms with Gasteiger partial charge >= 0.3 is 0 Å². The molecule has 1 saturated carbocycles. The minimum Gasteiger partial charge on any atom is -0.493 e. The lowest BCUT2D eigenvalue weighted by Crippen LogP contribution is -2.25. The third kappa shape index (κ3) is 2.43. The summed E-state index contributed by atoms with van der Waals surface area (Å²) in [4.78, 5) is 0. The second kappa shape index (κ2) is 4.98. The molecule has 0 radical (unpaired) electrons. The van der Waals surface area contributed by atoms with Crippen molar-refractivity contribution in [1.29, 1.82) is 0 Å². The Balaban J connectivity index is 2.51. The van der Waals surface area contributed by atoms with Crippen LogP contribution in [0.25, 0.3) is 0 Å². The molecule has 3 nitrogen and oxygen atoms in total. The molecule has 1 aliphatic rings. The van der Waals surface area contributed by atoms with E-state index in [1.54, 1.807) is 14.2 Å². The molecule has 1 aromatic carbocycles. The fraction of sp³-hybridized carbons (Fsp3) is 0.571. The largest absolute Gasteiger partial charge is 0.493 e. The maximum atomic E-state index is 6.46. The first-order chi connectivity index (χ1) is 8.54. The van der Waals surface area contributed by atoms with Crippen molar-refractivity contribution in [2.45, 2.75) is 38.1 Å². The van der Waals surface area contributed by atoms with Crippen molar-refractivity contribution in [1.82, 2.24) is 0 Å². The topological polar surface area (TPSA) is 44.5 Å². The minimum atomic E-state index is -0.103. The van der Waals surface area contributed by atoms with Gasteiger partial charge in [-0.25, -0.2) is 0 Å². The van der Waals surface area contributed by atoms with Crippen LogP contribution in [0.2, 0.25) is 5.02 Å². The molecule has 0 unspecified atom stereocenters. The number of aryl methyl sites for hydroxylation is 1. The van der Waals surface area contributed by atoms with Gasteiger partial charge in [0.2, 0.25) is 0 Å². The lowest BCUT2D eigenvalue weighted by molar-refractivity contribution is 0.350. The molecule has 0 aromatic heterocycles. The average molecular weight is 270 g/mol. The SMILES string of the molecule is CCc1cc(OC)c(OC)c(CC2(N)CC2)c1Cl. The Morgan fingerprint density at radius 1 is 1.33 bits per heavy atom. The van der Waals surface area contributed by atoms with E-state index < -0.39 is 0 Å². The van der Waals surface area contributed by atoms with Crippen LogP contribution in [0.5, 0.6) is 11.5 Å². The Labute approximate surface area is 113 Å². The molecule has 1 aliphatic carbocycles. The van der Waals surface area contributed by atoms with Crippen LogP contribution in [0.15, 0.2) is 6.07 Å². The molecular weight excluding hydrogens is 250 g/mol. The van der Waals surface area contributed by atoms with Crippen molar-refractivity contribution in [3.63, 3.8) is 0 Å². The van der Waals surface area contributed by atoms with Gasteiger partial charge in [0.15, 0.2) is 11.5 Å². The quantitative estimate of drug-likeness (QED) is 0.894. The Kier molecular flexibility index (Phi) is 3.74. The molecule has 0 amide bonds. The van der Waals surface area contributed by atoms with Crippen LogP contribution in [-0.2, 0) is 12.8 Å². The molecule has 0 aliphatic heterocycles. The third-order valence-electron chi connectivity index (χ3n) is 3.58. The number of hydrogen-bond donors (Lipinski definition) is 1. The molecule has 0 atom stereocenters. The van der Waals surface area contributed by atoms with E-state index in [1.807, 2.05) is 6.07 Å². The number of halogens is 1. The van der Waals surface area contributed by atoms with Gasteiger partial charge in [-0.3, -0.25) is 0 Å². The van der Waals surface area contributed by atoms with E-state index in [-0.39, 0.29) is 5.54 Å². The van der Waals surface area contributed by atoms with Gasteiger partial charge in [-0.1, -0.05) is 18.5 Å². The summed E-state index contributed by atoms with van der Waals surface area (Å²) >= 11 is 6.46. The van der Waals surface area contributed by atoms with Crippen molar-refractivity contribution in [3.05, 3.63) is 22.2 Å². The van der Waals surface area contributed by atoms with E-state index in [9.17, 15) is 0 Å². The zero-order valence-electron chi connectivity index (χ0n) is 11.2. The van der Waals surface area contributed by atoms with E-state index in [0.29, 0.717) is 0 Å². The van der Waals surface area contributed by atoms with Gasteiger partial charge in [0.25, 0.3) is 0 Å². The summed E-state index contributed by atoms with van der Waals surface area (Å²) in [6.07, 6.45) is 3.71. The van der Waals surface area contributed by atoms with Crippen molar-refractivity contribution < 1.29 is 9.47 Å². The van der Waals surface area contributed by atoms with E-state index >= 15 is 0 Å². The van der Waals surface area contributed by atoms with Crippen molar-refractivity contribution in [2.24, 2.45) is 5.73 Å². The molecule has 1 fully saturated rings. The number of rotatable bonds is 5. The highest BCUT2D eigenvalue weighted by atomic mass is 35.5. The normalized spacial score (nSPS) is 16.5. The molecule has 1 aromatic rings. The number of nitrogens with two attached hydrogens (primary N) is 1. The van der Waals surface area contributed by atoms with Crippen molar-refractivity contribution in [3.8, 4) is 11.5 Å². The number of ether oxygens (including phenoxy) is 2. The van der Waals surface area contributed by atoms with Crippen molar-refractivity contribution in [2.75, 3.05) is 14.2 Å². The van der Waals surface area contributed by atoms with E-state index in [4.69, 9.17) is 26.8 Å².